The molecule has 0 amide bonds. The number of ketones is 1. The summed E-state index contributed by atoms with van der Waals surface area (Å²) in [6.45, 7) is 1.46. The Balaban J connectivity index is 2.30. The van der Waals surface area contributed by atoms with Crippen molar-refractivity contribution < 1.29 is 19.4 Å². The van der Waals surface area contributed by atoms with Gasteiger partial charge in [0, 0.05) is 10.9 Å². The first-order chi connectivity index (χ1) is 8.06. The summed E-state index contributed by atoms with van der Waals surface area (Å²) in [6, 6.07) is 6.63. The van der Waals surface area contributed by atoms with Gasteiger partial charge in [0.15, 0.2) is 5.78 Å². The van der Waals surface area contributed by atoms with E-state index in [1.54, 1.807) is 18.2 Å². The first kappa shape index (κ1) is 11.2. The van der Waals surface area contributed by atoms with Crippen LogP contribution in [-0.4, -0.2) is 28.4 Å². The van der Waals surface area contributed by atoms with Gasteiger partial charge in [0.1, 0.15) is 18.1 Å². The Labute approximate surface area is 97.0 Å². The number of fused-ring (bicyclic) bond motifs is 1. The Morgan fingerprint density at radius 2 is 2.12 bits per heavy atom. The lowest BCUT2D eigenvalue weighted by Crippen LogP contribution is -2.06. The Morgan fingerprint density at radius 1 is 1.35 bits per heavy atom. The monoisotopic (exact) mass is 233 g/mol. The van der Waals surface area contributed by atoms with Crippen LogP contribution in [0.15, 0.2) is 24.3 Å². The summed E-state index contributed by atoms with van der Waals surface area (Å²) in [5.74, 6) is -0.526. The summed E-state index contributed by atoms with van der Waals surface area (Å²) in [4.78, 5) is 24.3. The zero-order valence-electron chi connectivity index (χ0n) is 9.19. The molecule has 0 aliphatic carbocycles. The normalized spacial score (nSPS) is 10.4. The molecular formula is C12H11NO4. The van der Waals surface area contributed by atoms with Crippen molar-refractivity contribution in [2.45, 2.75) is 6.92 Å². The molecule has 0 aliphatic rings. The fraction of sp³-hybridized carbons (Fsp3) is 0.167. The summed E-state index contributed by atoms with van der Waals surface area (Å²) in [5, 5.41) is 9.56. The molecular weight excluding hydrogens is 222 g/mol. The van der Waals surface area contributed by atoms with E-state index in [9.17, 15) is 9.59 Å². The maximum absolute atomic E-state index is 10.8. The van der Waals surface area contributed by atoms with Gasteiger partial charge in [-0.2, -0.15) is 0 Å². The van der Waals surface area contributed by atoms with E-state index in [0.717, 1.165) is 10.9 Å². The van der Waals surface area contributed by atoms with Gasteiger partial charge in [0.2, 0.25) is 0 Å². The van der Waals surface area contributed by atoms with Crippen LogP contribution in [-0.2, 0) is 4.79 Å². The van der Waals surface area contributed by atoms with Crippen molar-refractivity contribution in [3.63, 3.8) is 0 Å². The van der Waals surface area contributed by atoms with E-state index in [0.29, 0.717) is 5.75 Å². The average Bonchev–Trinajstić information content (AvgIpc) is 2.69. The number of H-pyrrole nitrogens is 1. The predicted octanol–water partition coefficient (Wildman–Crippen LogP) is 1.83. The molecule has 2 rings (SSSR count). The fourth-order valence-electron chi connectivity index (χ4n) is 1.50. The van der Waals surface area contributed by atoms with Gasteiger partial charge in [-0.25, -0.2) is 4.79 Å². The molecule has 0 bridgehead atoms. The SMILES string of the molecule is CC(=O)COc1ccc2[nH]c(C(=O)O)cc2c1. The van der Waals surface area contributed by atoms with Crippen LogP contribution in [0.5, 0.6) is 5.75 Å². The Bertz CT molecular complexity index is 585. The van der Waals surface area contributed by atoms with Crippen molar-refractivity contribution >= 4 is 22.7 Å². The maximum atomic E-state index is 10.8. The van der Waals surface area contributed by atoms with Crippen LogP contribution in [0.2, 0.25) is 0 Å². The summed E-state index contributed by atoms with van der Waals surface area (Å²) in [5.41, 5.74) is 0.848. The minimum atomic E-state index is -1.01. The number of aromatic carboxylic acids is 1. The van der Waals surface area contributed by atoms with Crippen molar-refractivity contribution in [1.29, 1.82) is 0 Å². The highest BCUT2D eigenvalue weighted by Crippen LogP contribution is 2.21. The predicted molar refractivity (Wildman–Crippen MR) is 61.4 cm³/mol. The van der Waals surface area contributed by atoms with E-state index in [1.807, 2.05) is 0 Å². The number of hydrogen-bond acceptors (Lipinski definition) is 3. The number of carboxylic acids is 1. The number of hydrogen-bond donors (Lipinski definition) is 2. The largest absolute Gasteiger partial charge is 0.486 e. The molecule has 5 nitrogen and oxygen atoms in total. The number of Topliss-reactive ketones (excluding diaryl/α,β-unsaturated/α-hetero) is 1. The van der Waals surface area contributed by atoms with Crippen molar-refractivity contribution in [1.82, 2.24) is 4.98 Å². The van der Waals surface area contributed by atoms with Gasteiger partial charge >= 0.3 is 5.97 Å². The molecule has 2 aromatic rings. The highest BCUT2D eigenvalue weighted by molar-refractivity contribution is 5.94. The average molecular weight is 233 g/mol. The van der Waals surface area contributed by atoms with Gasteiger partial charge in [-0.15, -0.1) is 0 Å². The second-order valence-electron chi connectivity index (χ2n) is 3.73. The van der Waals surface area contributed by atoms with Crippen LogP contribution in [0.4, 0.5) is 0 Å². The molecule has 0 aliphatic heterocycles. The number of aromatic amines is 1. The lowest BCUT2D eigenvalue weighted by atomic mass is 10.2. The van der Waals surface area contributed by atoms with Crippen molar-refractivity contribution in [2.75, 3.05) is 6.61 Å². The fourth-order valence-corrected chi connectivity index (χ4v) is 1.50. The first-order valence-corrected chi connectivity index (χ1v) is 5.04. The summed E-state index contributed by atoms with van der Waals surface area (Å²) >= 11 is 0. The molecule has 0 radical (unpaired) electrons. The van der Waals surface area contributed by atoms with Crippen LogP contribution in [0, 0.1) is 0 Å². The summed E-state index contributed by atoms with van der Waals surface area (Å²) in [7, 11) is 0. The topological polar surface area (TPSA) is 79.4 Å². The third-order valence-corrected chi connectivity index (χ3v) is 2.26. The van der Waals surface area contributed by atoms with Crippen LogP contribution in [0.1, 0.15) is 17.4 Å². The van der Waals surface area contributed by atoms with Crippen molar-refractivity contribution in [3.8, 4) is 5.75 Å². The van der Waals surface area contributed by atoms with E-state index in [4.69, 9.17) is 9.84 Å². The molecule has 0 saturated heterocycles. The summed E-state index contributed by atoms with van der Waals surface area (Å²) in [6.07, 6.45) is 0. The molecule has 0 saturated carbocycles. The molecule has 0 atom stereocenters. The molecule has 17 heavy (non-hydrogen) atoms. The Hall–Kier alpha value is -2.30. The molecule has 0 unspecified atom stereocenters. The van der Waals surface area contributed by atoms with E-state index in [1.165, 1.54) is 13.0 Å². The van der Waals surface area contributed by atoms with Crippen LogP contribution in [0.25, 0.3) is 10.9 Å². The van der Waals surface area contributed by atoms with E-state index in [2.05, 4.69) is 4.98 Å². The van der Waals surface area contributed by atoms with E-state index < -0.39 is 5.97 Å². The van der Waals surface area contributed by atoms with Gasteiger partial charge in [-0.05, 0) is 31.2 Å². The molecule has 0 fully saturated rings. The van der Waals surface area contributed by atoms with Crippen LogP contribution < -0.4 is 4.74 Å². The number of carbonyl (C=O) groups excluding carboxylic acids is 1. The molecule has 88 valence electrons. The van der Waals surface area contributed by atoms with Gasteiger partial charge < -0.3 is 14.8 Å². The van der Waals surface area contributed by atoms with Gasteiger partial charge in [0.05, 0.1) is 0 Å². The molecule has 1 aromatic carbocycles. The standard InChI is InChI=1S/C12H11NO4/c1-7(14)6-17-9-2-3-10-8(4-9)5-11(13-10)12(15)16/h2-5,13H,6H2,1H3,(H,15,16). The number of aromatic nitrogens is 1. The second kappa shape index (κ2) is 4.29. The van der Waals surface area contributed by atoms with Gasteiger partial charge in [-0.1, -0.05) is 0 Å². The smallest absolute Gasteiger partial charge is 0.352 e. The van der Waals surface area contributed by atoms with Gasteiger partial charge in [-0.3, -0.25) is 4.79 Å². The number of benzene rings is 1. The van der Waals surface area contributed by atoms with Crippen LogP contribution in [0.3, 0.4) is 0 Å². The van der Waals surface area contributed by atoms with E-state index >= 15 is 0 Å². The van der Waals surface area contributed by atoms with Gasteiger partial charge in [0.25, 0.3) is 0 Å². The number of ether oxygens (including phenoxy) is 1. The summed E-state index contributed by atoms with van der Waals surface area (Å²) < 4.78 is 5.23. The third kappa shape index (κ3) is 2.44. The first-order valence-electron chi connectivity index (χ1n) is 5.04. The zero-order valence-corrected chi connectivity index (χ0v) is 9.19. The number of nitrogens with one attached hydrogen (secondary N) is 1. The third-order valence-electron chi connectivity index (χ3n) is 2.26. The Morgan fingerprint density at radius 3 is 2.76 bits per heavy atom. The molecule has 2 N–H and O–H groups in total. The molecule has 1 aromatic heterocycles. The van der Waals surface area contributed by atoms with Crippen molar-refractivity contribution in [3.05, 3.63) is 30.0 Å². The second-order valence-corrected chi connectivity index (χ2v) is 3.73. The molecule has 1 heterocycles. The molecule has 5 heteroatoms. The van der Waals surface area contributed by atoms with E-state index in [-0.39, 0.29) is 18.1 Å². The number of rotatable bonds is 4. The highest BCUT2D eigenvalue weighted by atomic mass is 16.5. The zero-order chi connectivity index (χ0) is 12.4. The van der Waals surface area contributed by atoms with Crippen LogP contribution >= 0.6 is 0 Å². The minimum Gasteiger partial charge on any atom is -0.486 e. The highest BCUT2D eigenvalue weighted by Gasteiger charge is 2.08. The lowest BCUT2D eigenvalue weighted by Gasteiger charge is -2.02. The number of carboxylic acid groups (broad SMARTS) is 1. The minimum absolute atomic E-state index is 0.0156. The quantitative estimate of drug-likeness (QED) is 0.844. The Kier molecular flexibility index (Phi) is 2.82. The van der Waals surface area contributed by atoms with Crippen molar-refractivity contribution in [2.24, 2.45) is 0 Å². The molecule has 0 spiro atoms. The lowest BCUT2D eigenvalue weighted by molar-refractivity contribution is -0.118. The maximum Gasteiger partial charge on any atom is 0.352 e. The number of carbonyl (C=O) groups is 2.